The lowest BCUT2D eigenvalue weighted by atomic mass is 10.2. The first-order chi connectivity index (χ1) is 5.57. The van der Waals surface area contributed by atoms with Gasteiger partial charge in [0.2, 0.25) is 0 Å². The molecule has 0 aromatic carbocycles. The topological polar surface area (TPSA) is 35.5 Å². The number of ether oxygens (including phenoxy) is 2. The molecule has 0 spiro atoms. The SMILES string of the molecule is C=C(COC)C(=O)OCC(C)C. The molecule has 0 N–H and O–H groups in total. The number of hydrogen-bond donors (Lipinski definition) is 0. The molecule has 0 aliphatic heterocycles. The standard InChI is InChI=1S/C9H16O3/c1-7(2)5-12-9(10)8(3)6-11-4/h7H,3,5-6H2,1-2,4H3. The van der Waals surface area contributed by atoms with Gasteiger partial charge in [0, 0.05) is 7.11 Å². The maximum absolute atomic E-state index is 11.0. The molecular weight excluding hydrogens is 156 g/mol. The van der Waals surface area contributed by atoms with E-state index >= 15 is 0 Å². The normalized spacial score (nSPS) is 10.0. The van der Waals surface area contributed by atoms with Crippen molar-refractivity contribution in [1.82, 2.24) is 0 Å². The lowest BCUT2D eigenvalue weighted by Gasteiger charge is -2.07. The van der Waals surface area contributed by atoms with Crippen LogP contribution in [0, 0.1) is 5.92 Å². The minimum absolute atomic E-state index is 0.233. The summed E-state index contributed by atoms with van der Waals surface area (Å²) < 4.78 is 9.63. The van der Waals surface area contributed by atoms with Crippen molar-refractivity contribution in [2.24, 2.45) is 5.92 Å². The van der Waals surface area contributed by atoms with E-state index in [1.54, 1.807) is 0 Å². The molecule has 0 atom stereocenters. The van der Waals surface area contributed by atoms with Crippen LogP contribution in [0.2, 0.25) is 0 Å². The molecule has 0 saturated carbocycles. The maximum Gasteiger partial charge on any atom is 0.335 e. The van der Waals surface area contributed by atoms with Crippen molar-refractivity contribution in [3.8, 4) is 0 Å². The third kappa shape index (κ3) is 4.91. The molecule has 0 aliphatic carbocycles. The molecule has 0 radical (unpaired) electrons. The zero-order valence-electron chi connectivity index (χ0n) is 7.92. The number of hydrogen-bond acceptors (Lipinski definition) is 3. The van der Waals surface area contributed by atoms with E-state index in [1.165, 1.54) is 7.11 Å². The molecule has 0 fully saturated rings. The second-order valence-corrected chi connectivity index (χ2v) is 3.03. The lowest BCUT2D eigenvalue weighted by Crippen LogP contribution is -2.14. The first-order valence-corrected chi connectivity index (χ1v) is 3.91. The van der Waals surface area contributed by atoms with Crippen molar-refractivity contribution < 1.29 is 14.3 Å². The average molecular weight is 172 g/mol. The molecule has 0 aromatic rings. The van der Waals surface area contributed by atoms with Gasteiger partial charge >= 0.3 is 5.97 Å². The highest BCUT2D eigenvalue weighted by molar-refractivity contribution is 5.87. The van der Waals surface area contributed by atoms with E-state index in [9.17, 15) is 4.79 Å². The molecule has 0 heterocycles. The van der Waals surface area contributed by atoms with Crippen molar-refractivity contribution in [3.63, 3.8) is 0 Å². The fraction of sp³-hybridized carbons (Fsp3) is 0.667. The van der Waals surface area contributed by atoms with Crippen LogP contribution < -0.4 is 0 Å². The van der Waals surface area contributed by atoms with Gasteiger partial charge < -0.3 is 9.47 Å². The molecule has 3 heteroatoms. The van der Waals surface area contributed by atoms with Crippen molar-refractivity contribution in [2.45, 2.75) is 13.8 Å². The van der Waals surface area contributed by atoms with Crippen LogP contribution in [0.3, 0.4) is 0 Å². The van der Waals surface area contributed by atoms with E-state index in [1.807, 2.05) is 13.8 Å². The summed E-state index contributed by atoms with van der Waals surface area (Å²) in [5, 5.41) is 0. The van der Waals surface area contributed by atoms with Crippen molar-refractivity contribution in [1.29, 1.82) is 0 Å². The highest BCUT2D eigenvalue weighted by Crippen LogP contribution is 1.98. The molecule has 0 saturated heterocycles. The lowest BCUT2D eigenvalue weighted by molar-refractivity contribution is -0.140. The zero-order valence-corrected chi connectivity index (χ0v) is 7.92. The number of methoxy groups -OCH3 is 1. The van der Waals surface area contributed by atoms with Gasteiger partial charge in [0.05, 0.1) is 18.8 Å². The smallest absolute Gasteiger partial charge is 0.335 e. The van der Waals surface area contributed by atoms with Gasteiger partial charge in [0.15, 0.2) is 0 Å². The Bertz CT molecular complexity index is 161. The molecule has 0 unspecified atom stereocenters. The highest BCUT2D eigenvalue weighted by atomic mass is 16.5. The Morgan fingerprint density at radius 3 is 2.50 bits per heavy atom. The third-order valence-corrected chi connectivity index (χ3v) is 1.16. The molecule has 0 rings (SSSR count). The minimum atomic E-state index is -0.370. The van der Waals surface area contributed by atoms with Gasteiger partial charge in [-0.3, -0.25) is 0 Å². The summed E-state index contributed by atoms with van der Waals surface area (Å²) in [6.07, 6.45) is 0. The second kappa shape index (κ2) is 5.77. The minimum Gasteiger partial charge on any atom is -0.462 e. The first-order valence-electron chi connectivity index (χ1n) is 3.91. The molecule has 3 nitrogen and oxygen atoms in total. The van der Waals surface area contributed by atoms with Gasteiger partial charge in [0.25, 0.3) is 0 Å². The van der Waals surface area contributed by atoms with E-state index < -0.39 is 0 Å². The highest BCUT2D eigenvalue weighted by Gasteiger charge is 2.08. The van der Waals surface area contributed by atoms with Gasteiger partial charge in [0.1, 0.15) is 0 Å². The van der Waals surface area contributed by atoms with E-state index in [2.05, 4.69) is 6.58 Å². The van der Waals surface area contributed by atoms with E-state index in [0.717, 1.165) is 0 Å². The van der Waals surface area contributed by atoms with Crippen LogP contribution >= 0.6 is 0 Å². The van der Waals surface area contributed by atoms with Crippen molar-refractivity contribution in [3.05, 3.63) is 12.2 Å². The van der Waals surface area contributed by atoms with Crippen LogP contribution in [0.4, 0.5) is 0 Å². The Balaban J connectivity index is 3.65. The predicted molar refractivity (Wildman–Crippen MR) is 46.8 cm³/mol. The van der Waals surface area contributed by atoms with E-state index in [-0.39, 0.29) is 12.6 Å². The number of rotatable bonds is 5. The Morgan fingerprint density at radius 2 is 2.08 bits per heavy atom. The predicted octanol–water partition coefficient (Wildman–Crippen LogP) is 1.39. The maximum atomic E-state index is 11.0. The largest absolute Gasteiger partial charge is 0.462 e. The summed E-state index contributed by atoms with van der Waals surface area (Å²) in [4.78, 5) is 11.0. The van der Waals surface area contributed by atoms with Gasteiger partial charge in [-0.05, 0) is 5.92 Å². The van der Waals surface area contributed by atoms with Crippen LogP contribution in [-0.4, -0.2) is 26.3 Å². The quantitative estimate of drug-likeness (QED) is 0.464. The van der Waals surface area contributed by atoms with E-state index in [0.29, 0.717) is 18.1 Å². The van der Waals surface area contributed by atoms with Gasteiger partial charge in [-0.2, -0.15) is 0 Å². The third-order valence-electron chi connectivity index (χ3n) is 1.16. The Hall–Kier alpha value is -0.830. The summed E-state index contributed by atoms with van der Waals surface area (Å²) in [5.41, 5.74) is 0.359. The summed E-state index contributed by atoms with van der Waals surface area (Å²) in [5.74, 6) is -0.0187. The van der Waals surface area contributed by atoms with Crippen LogP contribution in [-0.2, 0) is 14.3 Å². The van der Waals surface area contributed by atoms with Gasteiger partial charge in [-0.15, -0.1) is 0 Å². The summed E-state index contributed by atoms with van der Waals surface area (Å²) in [6.45, 7) is 8.15. The Morgan fingerprint density at radius 1 is 1.50 bits per heavy atom. The van der Waals surface area contributed by atoms with Crippen molar-refractivity contribution in [2.75, 3.05) is 20.3 Å². The molecule has 0 aromatic heterocycles. The van der Waals surface area contributed by atoms with Crippen LogP contribution in [0.1, 0.15) is 13.8 Å². The fourth-order valence-electron chi connectivity index (χ4n) is 0.578. The molecule has 0 aliphatic rings. The van der Waals surface area contributed by atoms with Crippen LogP contribution in [0.15, 0.2) is 12.2 Å². The van der Waals surface area contributed by atoms with Crippen LogP contribution in [0.25, 0.3) is 0 Å². The fourth-order valence-corrected chi connectivity index (χ4v) is 0.578. The number of carbonyl (C=O) groups is 1. The van der Waals surface area contributed by atoms with Gasteiger partial charge in [-0.25, -0.2) is 4.79 Å². The Labute approximate surface area is 73.4 Å². The monoisotopic (exact) mass is 172 g/mol. The summed E-state index contributed by atoms with van der Waals surface area (Å²) in [6, 6.07) is 0. The Kier molecular flexibility index (Phi) is 5.37. The van der Waals surface area contributed by atoms with E-state index in [4.69, 9.17) is 9.47 Å². The summed E-state index contributed by atoms with van der Waals surface area (Å²) >= 11 is 0. The van der Waals surface area contributed by atoms with Crippen LogP contribution in [0.5, 0.6) is 0 Å². The number of esters is 1. The molecule has 70 valence electrons. The molecule has 0 bridgehead atoms. The molecule has 0 amide bonds. The number of carbonyl (C=O) groups excluding carboxylic acids is 1. The molecule has 12 heavy (non-hydrogen) atoms. The molecular formula is C9H16O3. The first kappa shape index (κ1) is 11.2. The second-order valence-electron chi connectivity index (χ2n) is 3.03. The van der Waals surface area contributed by atoms with Crippen molar-refractivity contribution >= 4 is 5.97 Å². The zero-order chi connectivity index (χ0) is 9.56. The van der Waals surface area contributed by atoms with Gasteiger partial charge in [-0.1, -0.05) is 20.4 Å². The summed E-state index contributed by atoms with van der Waals surface area (Å²) in [7, 11) is 1.51. The average Bonchev–Trinajstić information content (AvgIpc) is 2.00.